The van der Waals surface area contributed by atoms with Crippen LogP contribution in [0.4, 0.5) is 5.82 Å². The number of likely N-dealkylation sites (N-methyl/N-ethyl adjacent to an activating group) is 1. The first-order valence-corrected chi connectivity index (χ1v) is 13.8. The summed E-state index contributed by atoms with van der Waals surface area (Å²) < 4.78 is 11.4. The van der Waals surface area contributed by atoms with Crippen LogP contribution < -0.4 is 15.0 Å². The summed E-state index contributed by atoms with van der Waals surface area (Å²) in [4.78, 5) is 12.1. The van der Waals surface area contributed by atoms with Crippen molar-refractivity contribution in [3.8, 4) is 17.1 Å². The van der Waals surface area contributed by atoms with Crippen LogP contribution in [0.25, 0.3) is 17.0 Å². The normalized spacial score (nSPS) is 18.5. The van der Waals surface area contributed by atoms with Crippen LogP contribution in [-0.4, -0.2) is 78.5 Å². The highest BCUT2D eigenvalue weighted by Crippen LogP contribution is 2.47. The van der Waals surface area contributed by atoms with Gasteiger partial charge in [0.05, 0.1) is 22.4 Å². The molecule has 212 valence electrons. The zero-order chi connectivity index (χ0) is 28.3. The summed E-state index contributed by atoms with van der Waals surface area (Å²) in [5, 5.41) is 32.3. The number of nitrogens with zero attached hydrogens (tertiary/aromatic N) is 3. The Balaban J connectivity index is 1.72. The van der Waals surface area contributed by atoms with Gasteiger partial charge in [0, 0.05) is 49.0 Å². The molecule has 2 heterocycles. The van der Waals surface area contributed by atoms with E-state index in [4.69, 9.17) is 36.5 Å². The van der Waals surface area contributed by atoms with Crippen LogP contribution in [0.15, 0.2) is 24.0 Å². The maximum Gasteiger partial charge on any atom is 0.163 e. The minimum atomic E-state index is -0.656. The second-order valence-corrected chi connectivity index (χ2v) is 11.3. The van der Waals surface area contributed by atoms with Gasteiger partial charge in [-0.15, -0.1) is 0 Å². The highest BCUT2D eigenvalue weighted by atomic mass is 35.5. The molecule has 1 saturated heterocycles. The Kier molecular flexibility index (Phi) is 9.16. The van der Waals surface area contributed by atoms with E-state index < -0.39 is 6.10 Å². The molecule has 1 spiro atoms. The van der Waals surface area contributed by atoms with Crippen LogP contribution in [0.3, 0.4) is 0 Å². The first-order valence-electron chi connectivity index (χ1n) is 13.4. The molecule has 39 heavy (non-hydrogen) atoms. The molecule has 1 aliphatic heterocycles. The second-order valence-electron chi connectivity index (χ2n) is 10.9. The van der Waals surface area contributed by atoms with Gasteiger partial charge in [0.15, 0.2) is 5.82 Å². The van der Waals surface area contributed by atoms with Crippen molar-refractivity contribution in [1.82, 2.24) is 15.3 Å². The first-order chi connectivity index (χ1) is 18.6. The SMILES string of the molecule is CNC[C@@H](O)COc1ccc(Cl)c(-c2nc(/C(C(C)=N)=C(\C)O)c(C)c(N3CC4(CCC(OC)CC4)C3)n2)c1. The number of halogens is 1. The van der Waals surface area contributed by atoms with Crippen molar-refractivity contribution < 1.29 is 19.7 Å². The summed E-state index contributed by atoms with van der Waals surface area (Å²) in [6, 6.07) is 5.24. The molecular formula is C29H40ClN5O4. The van der Waals surface area contributed by atoms with Crippen molar-refractivity contribution >= 4 is 28.7 Å². The van der Waals surface area contributed by atoms with Crippen molar-refractivity contribution in [2.45, 2.75) is 58.7 Å². The maximum atomic E-state index is 10.5. The lowest BCUT2D eigenvalue weighted by Gasteiger charge is -2.54. The second kappa shape index (κ2) is 12.2. The van der Waals surface area contributed by atoms with Gasteiger partial charge in [-0.2, -0.15) is 0 Å². The number of hydrogen-bond donors (Lipinski definition) is 4. The summed E-state index contributed by atoms with van der Waals surface area (Å²) in [5.41, 5.74) is 2.76. The minimum Gasteiger partial charge on any atom is -0.512 e. The van der Waals surface area contributed by atoms with Crippen LogP contribution in [0.5, 0.6) is 5.75 Å². The molecule has 0 unspecified atom stereocenters. The van der Waals surface area contributed by atoms with Crippen LogP contribution in [0, 0.1) is 17.7 Å². The molecular weight excluding hydrogens is 518 g/mol. The Labute approximate surface area is 235 Å². The van der Waals surface area contributed by atoms with E-state index in [-0.39, 0.29) is 23.5 Å². The zero-order valence-electron chi connectivity index (χ0n) is 23.5. The van der Waals surface area contributed by atoms with Crippen molar-refractivity contribution in [1.29, 1.82) is 5.41 Å². The molecule has 1 aliphatic carbocycles. The topological polar surface area (TPSA) is 124 Å². The van der Waals surface area contributed by atoms with Gasteiger partial charge < -0.3 is 35.3 Å². The molecule has 2 aromatic rings. The molecule has 0 amide bonds. The third-order valence-corrected chi connectivity index (χ3v) is 8.16. The molecule has 1 atom stereocenters. The summed E-state index contributed by atoms with van der Waals surface area (Å²) in [7, 11) is 3.56. The smallest absolute Gasteiger partial charge is 0.163 e. The molecule has 1 aromatic carbocycles. The van der Waals surface area contributed by atoms with Crippen LogP contribution in [-0.2, 0) is 4.74 Å². The third kappa shape index (κ3) is 6.38. The van der Waals surface area contributed by atoms with Gasteiger partial charge in [0.2, 0.25) is 0 Å². The number of aromatic nitrogens is 2. The van der Waals surface area contributed by atoms with E-state index in [0.29, 0.717) is 46.1 Å². The number of anilines is 1. The number of hydrogen-bond acceptors (Lipinski definition) is 9. The van der Waals surface area contributed by atoms with E-state index in [1.807, 2.05) is 6.92 Å². The molecule has 9 nitrogen and oxygen atoms in total. The summed E-state index contributed by atoms with van der Waals surface area (Å²) in [6.07, 6.45) is 4.07. The minimum absolute atomic E-state index is 0.0286. The monoisotopic (exact) mass is 557 g/mol. The number of methoxy groups -OCH3 is 1. The first kappa shape index (κ1) is 29.3. The Hall–Kier alpha value is -2.72. The molecule has 4 rings (SSSR count). The fourth-order valence-corrected chi connectivity index (χ4v) is 5.92. The average molecular weight is 558 g/mol. The quantitative estimate of drug-likeness (QED) is 0.243. The highest BCUT2D eigenvalue weighted by Gasteiger charge is 2.46. The molecule has 2 fully saturated rings. The molecule has 10 heteroatoms. The lowest BCUT2D eigenvalue weighted by Crippen LogP contribution is -2.58. The lowest BCUT2D eigenvalue weighted by atomic mass is 9.68. The van der Waals surface area contributed by atoms with E-state index in [0.717, 1.165) is 50.2 Å². The lowest BCUT2D eigenvalue weighted by molar-refractivity contribution is 0.0150. The van der Waals surface area contributed by atoms with E-state index in [1.54, 1.807) is 46.2 Å². The number of aliphatic hydroxyl groups is 2. The maximum absolute atomic E-state index is 10.5. The van der Waals surface area contributed by atoms with Crippen molar-refractivity contribution in [3.05, 3.63) is 40.2 Å². The molecule has 1 saturated carbocycles. The van der Waals surface area contributed by atoms with Crippen LogP contribution in [0.1, 0.15) is 50.8 Å². The number of ether oxygens (including phenoxy) is 2. The number of aliphatic hydroxyl groups excluding tert-OH is 2. The van der Waals surface area contributed by atoms with Crippen molar-refractivity contribution in [2.24, 2.45) is 5.41 Å². The Morgan fingerprint density at radius 2 is 1.95 bits per heavy atom. The van der Waals surface area contributed by atoms with Gasteiger partial charge in [-0.3, -0.25) is 0 Å². The average Bonchev–Trinajstić information content (AvgIpc) is 2.88. The Morgan fingerprint density at radius 3 is 2.54 bits per heavy atom. The number of rotatable bonds is 10. The molecule has 0 bridgehead atoms. The predicted molar refractivity (Wildman–Crippen MR) is 155 cm³/mol. The van der Waals surface area contributed by atoms with E-state index in [1.165, 1.54) is 0 Å². The summed E-state index contributed by atoms with van der Waals surface area (Å²) in [5.74, 6) is 1.73. The summed E-state index contributed by atoms with van der Waals surface area (Å²) >= 11 is 6.64. The predicted octanol–water partition coefficient (Wildman–Crippen LogP) is 4.79. The van der Waals surface area contributed by atoms with E-state index in [2.05, 4.69) is 10.2 Å². The van der Waals surface area contributed by atoms with Gasteiger partial charge >= 0.3 is 0 Å². The zero-order valence-corrected chi connectivity index (χ0v) is 24.2. The molecule has 4 N–H and O–H groups in total. The van der Waals surface area contributed by atoms with Gasteiger partial charge in [-0.1, -0.05) is 11.6 Å². The number of nitrogens with one attached hydrogen (secondary N) is 2. The van der Waals surface area contributed by atoms with Crippen LogP contribution >= 0.6 is 11.6 Å². The third-order valence-electron chi connectivity index (χ3n) is 7.83. The molecule has 1 aromatic heterocycles. The fraction of sp³-hybridized carbons (Fsp3) is 0.552. The van der Waals surface area contributed by atoms with Gasteiger partial charge in [0.1, 0.15) is 30.0 Å². The van der Waals surface area contributed by atoms with E-state index >= 15 is 0 Å². The van der Waals surface area contributed by atoms with E-state index in [9.17, 15) is 10.2 Å². The fourth-order valence-electron chi connectivity index (χ4n) is 5.72. The summed E-state index contributed by atoms with van der Waals surface area (Å²) in [6.45, 7) is 7.46. The van der Waals surface area contributed by atoms with Crippen molar-refractivity contribution in [2.75, 3.05) is 45.3 Å². The molecule has 2 aliphatic rings. The standard InChI is InChI=1S/C29H40ClN5O4/c1-17-26(25(18(2)31)19(3)36)33-27(23-12-22(6-7-24(23)30)39-14-20(37)13-32-4)34-28(17)35-15-29(16-35)10-8-21(38-5)9-11-29/h6-7,12,20-21,31-32,36-37H,8-11,13-16H2,1-5H3/b25-19+,31-18?/t20-/m1/s1. The largest absolute Gasteiger partial charge is 0.512 e. The molecule has 0 radical (unpaired) electrons. The van der Waals surface area contributed by atoms with Gasteiger partial charge in [-0.05, 0) is 71.7 Å². The van der Waals surface area contributed by atoms with Gasteiger partial charge in [0.25, 0.3) is 0 Å². The Morgan fingerprint density at radius 1 is 1.26 bits per heavy atom. The van der Waals surface area contributed by atoms with Gasteiger partial charge in [-0.25, -0.2) is 9.97 Å². The van der Waals surface area contributed by atoms with Crippen LogP contribution in [0.2, 0.25) is 5.02 Å². The van der Waals surface area contributed by atoms with Crippen molar-refractivity contribution in [3.63, 3.8) is 0 Å². The highest BCUT2D eigenvalue weighted by molar-refractivity contribution is 6.33. The Bertz CT molecular complexity index is 1230. The number of benzene rings is 1. The number of allylic oxidation sites excluding steroid dienone is 2.